The largest absolute Gasteiger partial charge is 0.435 e. The zero-order valence-electron chi connectivity index (χ0n) is 14.2. The van der Waals surface area contributed by atoms with Crippen LogP contribution >= 0.6 is 0 Å². The average molecular weight is 420 g/mol. The Morgan fingerprint density at radius 3 is 2.38 bits per heavy atom. The standard InChI is InChI=1S/C18H11F7N2O2/c19-14-6-10(4-5-11(14)9-26-28)15-8-16(29-27-15,18(23,24)25)12-2-1-3-13(7-12)17(20,21)22/h1-7,9,28H,8H2/b26-9+. The minimum Gasteiger partial charge on any atom is -0.411 e. The Morgan fingerprint density at radius 1 is 1.07 bits per heavy atom. The fourth-order valence-corrected chi connectivity index (χ4v) is 2.88. The van der Waals surface area contributed by atoms with Crippen molar-refractivity contribution in [1.82, 2.24) is 0 Å². The smallest absolute Gasteiger partial charge is 0.411 e. The van der Waals surface area contributed by atoms with Crippen LogP contribution in [0.15, 0.2) is 52.8 Å². The number of alkyl halides is 6. The number of halogens is 7. The molecule has 0 radical (unpaired) electrons. The van der Waals surface area contributed by atoms with E-state index >= 15 is 0 Å². The number of oxime groups is 2. The molecule has 2 aromatic carbocycles. The maximum absolute atomic E-state index is 14.0. The van der Waals surface area contributed by atoms with Gasteiger partial charge in [0.05, 0.1) is 17.5 Å². The highest BCUT2D eigenvalue weighted by Crippen LogP contribution is 2.49. The zero-order chi connectivity index (χ0) is 21.4. The number of hydrogen-bond acceptors (Lipinski definition) is 4. The topological polar surface area (TPSA) is 54.2 Å². The molecule has 29 heavy (non-hydrogen) atoms. The van der Waals surface area contributed by atoms with Gasteiger partial charge < -0.3 is 10.0 Å². The summed E-state index contributed by atoms with van der Waals surface area (Å²) in [4.78, 5) is 4.65. The molecule has 0 aromatic heterocycles. The molecule has 1 aliphatic rings. The Bertz CT molecular complexity index is 983. The molecule has 0 bridgehead atoms. The van der Waals surface area contributed by atoms with Gasteiger partial charge in [0, 0.05) is 23.1 Å². The lowest BCUT2D eigenvalue weighted by Crippen LogP contribution is -2.42. The van der Waals surface area contributed by atoms with E-state index in [1.807, 2.05) is 0 Å². The van der Waals surface area contributed by atoms with Crippen LogP contribution in [-0.2, 0) is 16.6 Å². The first-order valence-corrected chi connectivity index (χ1v) is 7.95. The summed E-state index contributed by atoms with van der Waals surface area (Å²) < 4.78 is 94.4. The predicted octanol–water partition coefficient (Wildman–Crippen LogP) is 5.23. The van der Waals surface area contributed by atoms with Crippen molar-refractivity contribution in [1.29, 1.82) is 0 Å². The van der Waals surface area contributed by atoms with Crippen molar-refractivity contribution in [3.05, 3.63) is 70.5 Å². The third-order valence-electron chi connectivity index (χ3n) is 4.37. The fraction of sp³-hybridized carbons (Fsp3) is 0.222. The highest BCUT2D eigenvalue weighted by molar-refractivity contribution is 6.02. The fourth-order valence-electron chi connectivity index (χ4n) is 2.88. The van der Waals surface area contributed by atoms with Crippen molar-refractivity contribution in [3.63, 3.8) is 0 Å². The Balaban J connectivity index is 2.01. The van der Waals surface area contributed by atoms with E-state index < -0.39 is 41.3 Å². The summed E-state index contributed by atoms with van der Waals surface area (Å²) in [5.41, 5.74) is -5.68. The molecule has 1 heterocycles. The van der Waals surface area contributed by atoms with Crippen LogP contribution in [0.2, 0.25) is 0 Å². The second-order valence-electron chi connectivity index (χ2n) is 6.19. The molecular formula is C18H11F7N2O2. The van der Waals surface area contributed by atoms with E-state index in [0.29, 0.717) is 12.1 Å². The highest BCUT2D eigenvalue weighted by atomic mass is 19.4. The maximum Gasteiger partial charge on any atom is 0.435 e. The molecule has 3 rings (SSSR count). The van der Waals surface area contributed by atoms with E-state index in [0.717, 1.165) is 30.5 Å². The Hall–Kier alpha value is -3.11. The van der Waals surface area contributed by atoms with Crippen LogP contribution in [0, 0.1) is 5.82 Å². The van der Waals surface area contributed by atoms with Gasteiger partial charge in [0.1, 0.15) is 5.82 Å². The Labute approximate surface area is 158 Å². The summed E-state index contributed by atoms with van der Waals surface area (Å²) in [5.74, 6) is -0.897. The van der Waals surface area contributed by atoms with Crippen molar-refractivity contribution in [2.75, 3.05) is 0 Å². The van der Waals surface area contributed by atoms with Gasteiger partial charge in [0.15, 0.2) is 0 Å². The third-order valence-corrected chi connectivity index (χ3v) is 4.37. The van der Waals surface area contributed by atoms with Crippen molar-refractivity contribution >= 4 is 11.9 Å². The summed E-state index contributed by atoms with van der Waals surface area (Å²) in [7, 11) is 0. The summed E-state index contributed by atoms with van der Waals surface area (Å²) in [6.07, 6.45) is -10.1. The van der Waals surface area contributed by atoms with Gasteiger partial charge in [-0.1, -0.05) is 28.5 Å². The number of benzene rings is 2. The van der Waals surface area contributed by atoms with E-state index in [1.165, 1.54) is 6.07 Å². The van der Waals surface area contributed by atoms with Gasteiger partial charge in [0.2, 0.25) is 0 Å². The summed E-state index contributed by atoms with van der Waals surface area (Å²) in [6.45, 7) is 0. The van der Waals surface area contributed by atoms with Gasteiger partial charge in [-0.15, -0.1) is 0 Å². The van der Waals surface area contributed by atoms with Crippen molar-refractivity contribution in [2.45, 2.75) is 24.4 Å². The molecule has 0 aliphatic carbocycles. The van der Waals surface area contributed by atoms with Gasteiger partial charge in [-0.3, -0.25) is 0 Å². The highest BCUT2D eigenvalue weighted by Gasteiger charge is 2.62. The van der Waals surface area contributed by atoms with Crippen molar-refractivity contribution in [3.8, 4) is 0 Å². The predicted molar refractivity (Wildman–Crippen MR) is 87.2 cm³/mol. The van der Waals surface area contributed by atoms with E-state index in [9.17, 15) is 30.7 Å². The van der Waals surface area contributed by atoms with Gasteiger partial charge in [-0.05, 0) is 24.3 Å². The molecule has 0 saturated heterocycles. The van der Waals surface area contributed by atoms with Crippen LogP contribution in [0.3, 0.4) is 0 Å². The van der Waals surface area contributed by atoms with E-state index in [-0.39, 0.29) is 16.8 Å². The van der Waals surface area contributed by atoms with Crippen LogP contribution in [-0.4, -0.2) is 23.3 Å². The Morgan fingerprint density at radius 2 is 1.79 bits per heavy atom. The first kappa shape index (κ1) is 20.6. The maximum atomic E-state index is 14.0. The minimum absolute atomic E-state index is 0.0595. The molecule has 1 unspecified atom stereocenters. The Kier molecular flexibility index (Phi) is 5.01. The van der Waals surface area contributed by atoms with Crippen LogP contribution in [0.5, 0.6) is 0 Å². The second-order valence-corrected chi connectivity index (χ2v) is 6.19. The third kappa shape index (κ3) is 3.76. The SMILES string of the molecule is O/N=C/c1ccc(C2=NOC(c3cccc(C(F)(F)F)c3)(C(F)(F)F)C2)cc1F. The number of nitrogens with zero attached hydrogens (tertiary/aromatic N) is 2. The van der Waals surface area contributed by atoms with Gasteiger partial charge in [-0.2, -0.15) is 26.3 Å². The molecular weight excluding hydrogens is 409 g/mol. The van der Waals surface area contributed by atoms with E-state index in [1.54, 1.807) is 0 Å². The first-order valence-electron chi connectivity index (χ1n) is 7.95. The van der Waals surface area contributed by atoms with Crippen LogP contribution < -0.4 is 0 Å². The van der Waals surface area contributed by atoms with Crippen LogP contribution in [0.1, 0.15) is 28.7 Å². The summed E-state index contributed by atoms with van der Waals surface area (Å²) >= 11 is 0. The molecule has 1 N–H and O–H groups in total. The first-order chi connectivity index (χ1) is 13.5. The lowest BCUT2D eigenvalue weighted by atomic mass is 9.85. The molecule has 154 valence electrons. The van der Waals surface area contributed by atoms with E-state index in [2.05, 4.69) is 15.1 Å². The minimum atomic E-state index is -5.11. The van der Waals surface area contributed by atoms with Gasteiger partial charge >= 0.3 is 12.4 Å². The molecule has 0 amide bonds. The molecule has 0 spiro atoms. The van der Waals surface area contributed by atoms with Crippen molar-refractivity contribution < 1.29 is 40.8 Å². The molecule has 2 aromatic rings. The second kappa shape index (κ2) is 7.05. The quantitative estimate of drug-likeness (QED) is 0.320. The summed E-state index contributed by atoms with van der Waals surface area (Å²) in [5, 5.41) is 14.5. The van der Waals surface area contributed by atoms with Crippen molar-refractivity contribution in [2.24, 2.45) is 10.3 Å². The van der Waals surface area contributed by atoms with E-state index in [4.69, 9.17) is 5.21 Å². The number of hydrogen-bond donors (Lipinski definition) is 1. The lowest BCUT2D eigenvalue weighted by molar-refractivity contribution is -0.276. The molecule has 4 nitrogen and oxygen atoms in total. The summed E-state index contributed by atoms with van der Waals surface area (Å²) in [6, 6.07) is 5.93. The van der Waals surface area contributed by atoms with Crippen LogP contribution in [0.25, 0.3) is 0 Å². The van der Waals surface area contributed by atoms with Gasteiger partial charge in [-0.25, -0.2) is 4.39 Å². The van der Waals surface area contributed by atoms with Gasteiger partial charge in [0.25, 0.3) is 5.60 Å². The number of rotatable bonds is 3. The monoisotopic (exact) mass is 420 g/mol. The lowest BCUT2D eigenvalue weighted by Gasteiger charge is -2.30. The molecule has 1 atom stereocenters. The molecule has 0 fully saturated rings. The van der Waals surface area contributed by atoms with Crippen LogP contribution in [0.4, 0.5) is 30.7 Å². The molecule has 11 heteroatoms. The average Bonchev–Trinajstić information content (AvgIpc) is 3.10. The normalized spacial score (nSPS) is 20.0. The molecule has 1 aliphatic heterocycles. The molecule has 0 saturated carbocycles. The zero-order valence-corrected chi connectivity index (χ0v) is 14.2.